The molecule has 3 heterocycles. The number of nitrogens with zero attached hydrogens (tertiary/aromatic N) is 3. The number of pyridine rings is 1. The van der Waals surface area contributed by atoms with Gasteiger partial charge in [0.2, 0.25) is 0 Å². The summed E-state index contributed by atoms with van der Waals surface area (Å²) in [7, 11) is 2.16. The van der Waals surface area contributed by atoms with Crippen molar-refractivity contribution in [1.29, 1.82) is 0 Å². The molecule has 7 aromatic carbocycles. The third-order valence-corrected chi connectivity index (χ3v) is 12.1. The molecule has 0 bridgehead atoms. The number of aromatic nitrogens is 2. The van der Waals surface area contributed by atoms with E-state index in [1.54, 1.807) is 0 Å². The molecule has 0 aliphatic carbocycles. The molecule has 10 rings (SSSR count). The molecule has 58 heavy (non-hydrogen) atoms. The van der Waals surface area contributed by atoms with Crippen LogP contribution in [0.2, 0.25) is 0 Å². The Kier molecular flexibility index (Phi) is 8.72. The van der Waals surface area contributed by atoms with Crippen molar-refractivity contribution in [2.24, 2.45) is 0 Å². The quantitative estimate of drug-likeness (QED) is 0.159. The molecule has 1 N–H and O–H groups in total. The fraction of sp³-hybridized carbons (Fsp3) is 0.0962. The number of anilines is 4. The van der Waals surface area contributed by atoms with Crippen molar-refractivity contribution in [3.05, 3.63) is 182 Å². The molecule has 282 valence electrons. The van der Waals surface area contributed by atoms with E-state index in [0.29, 0.717) is 0 Å². The standard InChI is InChI=1S/C52H42N4OS/c1-52(2,3)36-28-29-53-48(30-36)56-44-26-15-27-46-49(44)50-45(56)32-39(33-47(50)58-46)57-38-21-13-20-37(31-38)54-42-24-11-12-25-43(42)55(4)51-40(34-16-7-5-8-17-34)22-14-23-41(51)35-18-9-6-10-19-35/h5-33,54H,1-4H3. The molecule has 0 aliphatic heterocycles. The maximum Gasteiger partial charge on any atom is 0.137 e. The van der Waals surface area contributed by atoms with Gasteiger partial charge in [0.15, 0.2) is 0 Å². The molecule has 0 amide bonds. The summed E-state index contributed by atoms with van der Waals surface area (Å²) in [6.07, 6.45) is 1.93. The SMILES string of the molecule is CN(c1ccccc1Nc1cccc(Oc2cc3sc4cccc5c4c3c(c2)n5-c2cc(C(C)(C)C)ccn2)c1)c1c(-c2ccccc2)cccc1-c1ccccc1. The number of hydrogen-bond acceptors (Lipinski definition) is 5. The lowest BCUT2D eigenvalue weighted by Gasteiger charge is -2.28. The van der Waals surface area contributed by atoms with Crippen LogP contribution in [-0.2, 0) is 5.41 Å². The molecule has 3 aromatic heterocycles. The van der Waals surface area contributed by atoms with E-state index in [2.05, 4.69) is 200 Å². The van der Waals surface area contributed by atoms with Gasteiger partial charge < -0.3 is 15.0 Å². The molecule has 10 aromatic rings. The first-order valence-electron chi connectivity index (χ1n) is 19.7. The Hall–Kier alpha value is -6.89. The van der Waals surface area contributed by atoms with Crippen molar-refractivity contribution < 1.29 is 4.74 Å². The van der Waals surface area contributed by atoms with E-state index >= 15 is 0 Å². The molecular weight excluding hydrogens is 729 g/mol. The van der Waals surface area contributed by atoms with E-state index in [4.69, 9.17) is 9.72 Å². The first-order valence-corrected chi connectivity index (χ1v) is 20.5. The highest BCUT2D eigenvalue weighted by Crippen LogP contribution is 2.47. The first-order chi connectivity index (χ1) is 28.3. The summed E-state index contributed by atoms with van der Waals surface area (Å²) in [5, 5.41) is 6.28. The third kappa shape index (κ3) is 6.32. The lowest BCUT2D eigenvalue weighted by Crippen LogP contribution is -2.14. The van der Waals surface area contributed by atoms with Crippen LogP contribution >= 0.6 is 11.3 Å². The van der Waals surface area contributed by atoms with Crippen molar-refractivity contribution >= 4 is 65.3 Å². The molecule has 0 fully saturated rings. The van der Waals surface area contributed by atoms with Gasteiger partial charge in [-0.2, -0.15) is 0 Å². The van der Waals surface area contributed by atoms with Crippen LogP contribution in [0.15, 0.2) is 176 Å². The maximum atomic E-state index is 6.74. The minimum absolute atomic E-state index is 0.000691. The van der Waals surface area contributed by atoms with Gasteiger partial charge in [0.25, 0.3) is 0 Å². The second-order valence-electron chi connectivity index (χ2n) is 15.8. The van der Waals surface area contributed by atoms with Gasteiger partial charge in [0.1, 0.15) is 17.3 Å². The van der Waals surface area contributed by atoms with Crippen LogP contribution in [0.1, 0.15) is 26.3 Å². The molecule has 0 unspecified atom stereocenters. The zero-order valence-electron chi connectivity index (χ0n) is 32.9. The Morgan fingerprint density at radius 1 is 0.603 bits per heavy atom. The molecular formula is C52H42N4OS. The second kappa shape index (κ2) is 14.2. The van der Waals surface area contributed by atoms with Gasteiger partial charge in [-0.15, -0.1) is 11.3 Å². The zero-order valence-corrected chi connectivity index (χ0v) is 33.7. The summed E-state index contributed by atoms with van der Waals surface area (Å²) in [6, 6.07) is 59.8. The minimum atomic E-state index is 0.000691. The third-order valence-electron chi connectivity index (χ3n) is 11.0. The molecule has 0 saturated heterocycles. The summed E-state index contributed by atoms with van der Waals surface area (Å²) in [4.78, 5) is 7.20. The van der Waals surface area contributed by atoms with E-state index in [1.165, 1.54) is 48.0 Å². The number of nitrogens with one attached hydrogen (secondary N) is 1. The van der Waals surface area contributed by atoms with E-state index in [0.717, 1.165) is 51.1 Å². The van der Waals surface area contributed by atoms with Crippen LogP contribution < -0.4 is 15.0 Å². The Balaban J connectivity index is 1.01. The first kappa shape index (κ1) is 35.5. The van der Waals surface area contributed by atoms with Crippen LogP contribution in [0.5, 0.6) is 11.5 Å². The molecule has 0 atom stereocenters. The molecule has 0 spiro atoms. The van der Waals surface area contributed by atoms with E-state index in [-0.39, 0.29) is 5.41 Å². The fourth-order valence-corrected chi connectivity index (χ4v) is 9.39. The van der Waals surface area contributed by atoms with Gasteiger partial charge in [0.05, 0.1) is 28.1 Å². The summed E-state index contributed by atoms with van der Waals surface area (Å²) >= 11 is 1.81. The summed E-state index contributed by atoms with van der Waals surface area (Å²) < 4.78 is 11.5. The van der Waals surface area contributed by atoms with Crippen LogP contribution in [-0.4, -0.2) is 16.6 Å². The van der Waals surface area contributed by atoms with Crippen molar-refractivity contribution in [3.63, 3.8) is 0 Å². The highest BCUT2D eigenvalue weighted by Gasteiger charge is 2.23. The molecule has 0 radical (unpaired) electrons. The molecule has 0 saturated carbocycles. The predicted molar refractivity (Wildman–Crippen MR) is 245 cm³/mol. The number of rotatable bonds is 9. The van der Waals surface area contributed by atoms with Crippen LogP contribution in [0.4, 0.5) is 22.7 Å². The van der Waals surface area contributed by atoms with E-state index < -0.39 is 0 Å². The lowest BCUT2D eigenvalue weighted by molar-refractivity contribution is 0.484. The van der Waals surface area contributed by atoms with Crippen molar-refractivity contribution in [2.45, 2.75) is 26.2 Å². The van der Waals surface area contributed by atoms with Gasteiger partial charge >= 0.3 is 0 Å². The van der Waals surface area contributed by atoms with Crippen molar-refractivity contribution in [2.75, 3.05) is 17.3 Å². The van der Waals surface area contributed by atoms with Gasteiger partial charge in [-0.25, -0.2) is 4.98 Å². The Bertz CT molecular complexity index is 3010. The smallest absolute Gasteiger partial charge is 0.137 e. The predicted octanol–water partition coefficient (Wildman–Crippen LogP) is 14.8. The Morgan fingerprint density at radius 2 is 1.28 bits per heavy atom. The van der Waals surface area contributed by atoms with E-state index in [9.17, 15) is 0 Å². The normalized spacial score (nSPS) is 11.8. The molecule has 6 heteroatoms. The largest absolute Gasteiger partial charge is 0.457 e. The van der Waals surface area contributed by atoms with Gasteiger partial charge in [-0.1, -0.05) is 124 Å². The number of thiophene rings is 1. The highest BCUT2D eigenvalue weighted by molar-refractivity contribution is 7.26. The van der Waals surface area contributed by atoms with Crippen LogP contribution in [0.25, 0.3) is 59.3 Å². The van der Waals surface area contributed by atoms with Crippen LogP contribution in [0, 0.1) is 0 Å². The van der Waals surface area contributed by atoms with Gasteiger partial charge in [-0.05, 0) is 76.7 Å². The minimum Gasteiger partial charge on any atom is -0.457 e. The van der Waals surface area contributed by atoms with Crippen molar-refractivity contribution in [3.8, 4) is 39.6 Å². The Labute approximate surface area is 342 Å². The summed E-state index contributed by atoms with van der Waals surface area (Å²) in [6.45, 7) is 6.73. The number of benzene rings is 7. The summed E-state index contributed by atoms with van der Waals surface area (Å²) in [5.74, 6) is 2.45. The van der Waals surface area contributed by atoms with Crippen LogP contribution in [0.3, 0.4) is 0 Å². The van der Waals surface area contributed by atoms with Crippen molar-refractivity contribution in [1.82, 2.24) is 9.55 Å². The number of para-hydroxylation sites is 3. The van der Waals surface area contributed by atoms with Gasteiger partial charge in [-0.3, -0.25) is 4.57 Å². The topological polar surface area (TPSA) is 42.3 Å². The molecule has 0 aliphatic rings. The number of ether oxygens (including phenoxy) is 1. The summed E-state index contributed by atoms with van der Waals surface area (Å²) in [5.41, 5.74) is 12.3. The average Bonchev–Trinajstić information content (AvgIpc) is 3.80. The lowest BCUT2D eigenvalue weighted by atomic mass is 9.88. The Morgan fingerprint density at radius 3 is 2.02 bits per heavy atom. The highest BCUT2D eigenvalue weighted by atomic mass is 32.1. The monoisotopic (exact) mass is 770 g/mol. The fourth-order valence-electron chi connectivity index (χ4n) is 8.22. The second-order valence-corrected chi connectivity index (χ2v) is 16.9. The number of hydrogen-bond donors (Lipinski definition) is 1. The van der Waals surface area contributed by atoms with Gasteiger partial charge in [0, 0.05) is 62.4 Å². The maximum absolute atomic E-state index is 6.74. The average molecular weight is 771 g/mol. The molecule has 5 nitrogen and oxygen atoms in total. The van der Waals surface area contributed by atoms with E-state index in [1.807, 2.05) is 29.7 Å². The zero-order chi connectivity index (χ0) is 39.4.